The first-order valence-corrected chi connectivity index (χ1v) is 12.5. The third-order valence-electron chi connectivity index (χ3n) is 6.78. The number of carbonyl (C=O) groups is 2. The van der Waals surface area contributed by atoms with Crippen LogP contribution in [0.25, 0.3) is 0 Å². The topological polar surface area (TPSA) is 74.3 Å². The molecule has 6 nitrogen and oxygen atoms in total. The Balaban J connectivity index is 1.30. The molecule has 3 aromatic rings. The minimum Gasteiger partial charge on any atom is -0.349 e. The SMILES string of the molecule is Cc1cc(C(=O)NCc2ccncc2)ccc1C(C)N1CCC(NC(=O)c2ccc(F)c(Cl)c2)CC1. The zero-order valence-corrected chi connectivity index (χ0v) is 21.2. The van der Waals surface area contributed by atoms with Crippen LogP contribution in [-0.2, 0) is 6.54 Å². The maximum Gasteiger partial charge on any atom is 0.251 e. The molecule has 8 heteroatoms. The molecule has 1 fully saturated rings. The molecule has 1 aromatic heterocycles. The van der Waals surface area contributed by atoms with E-state index < -0.39 is 5.82 Å². The molecule has 0 bridgehead atoms. The van der Waals surface area contributed by atoms with Crippen molar-refractivity contribution in [1.29, 1.82) is 0 Å². The fraction of sp³-hybridized carbons (Fsp3) is 0.321. The number of hydrogen-bond donors (Lipinski definition) is 2. The number of pyridine rings is 1. The fourth-order valence-electron chi connectivity index (χ4n) is 4.60. The summed E-state index contributed by atoms with van der Waals surface area (Å²) in [7, 11) is 0. The smallest absolute Gasteiger partial charge is 0.251 e. The number of carbonyl (C=O) groups excluding carboxylic acids is 2. The Morgan fingerprint density at radius 1 is 1.06 bits per heavy atom. The van der Waals surface area contributed by atoms with Gasteiger partial charge in [0.25, 0.3) is 11.8 Å². The second kappa shape index (κ2) is 11.6. The predicted octanol–water partition coefficient (Wildman–Crippen LogP) is 5.07. The van der Waals surface area contributed by atoms with Gasteiger partial charge in [-0.25, -0.2) is 4.39 Å². The number of piperidine rings is 1. The summed E-state index contributed by atoms with van der Waals surface area (Å²) in [5.74, 6) is -0.880. The van der Waals surface area contributed by atoms with Gasteiger partial charge in [0, 0.05) is 55.2 Å². The minimum absolute atomic E-state index is 0.0531. The zero-order valence-electron chi connectivity index (χ0n) is 20.4. The van der Waals surface area contributed by atoms with Gasteiger partial charge in [0.15, 0.2) is 0 Å². The van der Waals surface area contributed by atoms with Gasteiger partial charge in [0.05, 0.1) is 5.02 Å². The van der Waals surface area contributed by atoms with Gasteiger partial charge in [-0.1, -0.05) is 17.7 Å². The fourth-order valence-corrected chi connectivity index (χ4v) is 4.79. The monoisotopic (exact) mass is 508 g/mol. The molecule has 2 N–H and O–H groups in total. The van der Waals surface area contributed by atoms with E-state index in [9.17, 15) is 14.0 Å². The van der Waals surface area contributed by atoms with Gasteiger partial charge < -0.3 is 10.6 Å². The Morgan fingerprint density at radius 3 is 2.39 bits per heavy atom. The molecule has 1 aliphatic rings. The molecule has 0 aliphatic carbocycles. The van der Waals surface area contributed by atoms with Gasteiger partial charge in [-0.2, -0.15) is 0 Å². The third kappa shape index (κ3) is 6.28. The van der Waals surface area contributed by atoms with E-state index in [0.29, 0.717) is 17.7 Å². The van der Waals surface area contributed by atoms with Crippen LogP contribution in [0.4, 0.5) is 4.39 Å². The molecule has 1 aliphatic heterocycles. The highest BCUT2D eigenvalue weighted by atomic mass is 35.5. The number of aromatic nitrogens is 1. The molecular weight excluding hydrogens is 479 g/mol. The average Bonchev–Trinajstić information content (AvgIpc) is 2.89. The van der Waals surface area contributed by atoms with Crippen molar-refractivity contribution in [3.05, 3.63) is 99.6 Å². The van der Waals surface area contributed by atoms with Crippen LogP contribution in [0, 0.1) is 12.7 Å². The quantitative estimate of drug-likeness (QED) is 0.467. The highest BCUT2D eigenvalue weighted by Crippen LogP contribution is 2.27. The van der Waals surface area contributed by atoms with E-state index in [0.717, 1.165) is 37.1 Å². The predicted molar refractivity (Wildman–Crippen MR) is 138 cm³/mol. The molecule has 0 radical (unpaired) electrons. The molecule has 2 amide bonds. The Morgan fingerprint density at radius 2 is 1.72 bits per heavy atom. The van der Waals surface area contributed by atoms with Crippen molar-refractivity contribution >= 4 is 23.4 Å². The molecular formula is C28H30ClFN4O2. The van der Waals surface area contributed by atoms with Crippen LogP contribution in [0.1, 0.15) is 63.2 Å². The van der Waals surface area contributed by atoms with Gasteiger partial charge in [-0.3, -0.25) is 19.5 Å². The summed E-state index contributed by atoms with van der Waals surface area (Å²) >= 11 is 5.81. The normalized spacial score (nSPS) is 15.3. The maximum absolute atomic E-state index is 13.4. The molecule has 1 unspecified atom stereocenters. The van der Waals surface area contributed by atoms with Crippen molar-refractivity contribution in [3.63, 3.8) is 0 Å². The third-order valence-corrected chi connectivity index (χ3v) is 7.07. The largest absolute Gasteiger partial charge is 0.349 e. The Labute approximate surface area is 215 Å². The van der Waals surface area contributed by atoms with E-state index in [2.05, 4.69) is 27.4 Å². The molecule has 2 heterocycles. The van der Waals surface area contributed by atoms with Crippen LogP contribution >= 0.6 is 11.6 Å². The van der Waals surface area contributed by atoms with Crippen LogP contribution in [0.5, 0.6) is 0 Å². The molecule has 4 rings (SSSR count). The van der Waals surface area contributed by atoms with E-state index in [1.54, 1.807) is 12.4 Å². The van der Waals surface area contributed by atoms with Crippen molar-refractivity contribution in [1.82, 2.24) is 20.5 Å². The summed E-state index contributed by atoms with van der Waals surface area (Å²) < 4.78 is 13.4. The van der Waals surface area contributed by atoms with E-state index in [4.69, 9.17) is 11.6 Å². The van der Waals surface area contributed by atoms with Gasteiger partial charge >= 0.3 is 0 Å². The molecule has 1 atom stereocenters. The Kier molecular flexibility index (Phi) is 8.33. The minimum atomic E-state index is -0.538. The van der Waals surface area contributed by atoms with Gasteiger partial charge in [0.1, 0.15) is 5.82 Å². The summed E-state index contributed by atoms with van der Waals surface area (Å²) in [5, 5.41) is 5.94. The number of halogens is 2. The van der Waals surface area contributed by atoms with Crippen LogP contribution in [0.15, 0.2) is 60.9 Å². The van der Waals surface area contributed by atoms with Crippen molar-refractivity contribution in [2.75, 3.05) is 13.1 Å². The summed E-state index contributed by atoms with van der Waals surface area (Å²) in [6.07, 6.45) is 5.05. The van der Waals surface area contributed by atoms with Gasteiger partial charge in [0.2, 0.25) is 0 Å². The second-order valence-electron chi connectivity index (χ2n) is 9.20. The summed E-state index contributed by atoms with van der Waals surface area (Å²) in [6.45, 7) is 6.34. The van der Waals surface area contributed by atoms with Crippen LogP contribution in [-0.4, -0.2) is 40.8 Å². The van der Waals surface area contributed by atoms with E-state index in [-0.39, 0.29) is 28.9 Å². The molecule has 0 spiro atoms. The Hall–Kier alpha value is -3.29. The van der Waals surface area contributed by atoms with Gasteiger partial charge in [-0.15, -0.1) is 0 Å². The summed E-state index contributed by atoms with van der Waals surface area (Å²) in [6, 6.07) is 13.9. The lowest BCUT2D eigenvalue weighted by molar-refractivity contribution is 0.0894. The van der Waals surface area contributed by atoms with E-state index >= 15 is 0 Å². The first-order chi connectivity index (χ1) is 17.3. The Bertz CT molecular complexity index is 1230. The molecule has 2 aromatic carbocycles. The number of amides is 2. The van der Waals surface area contributed by atoms with Crippen LogP contribution < -0.4 is 10.6 Å². The van der Waals surface area contributed by atoms with E-state index in [1.165, 1.54) is 23.8 Å². The maximum atomic E-state index is 13.4. The first-order valence-electron chi connectivity index (χ1n) is 12.1. The zero-order chi connectivity index (χ0) is 25.7. The average molecular weight is 509 g/mol. The van der Waals surface area contributed by atoms with Crippen molar-refractivity contribution in [2.45, 2.75) is 45.3 Å². The molecule has 0 saturated carbocycles. The van der Waals surface area contributed by atoms with Crippen molar-refractivity contribution in [2.24, 2.45) is 0 Å². The molecule has 188 valence electrons. The second-order valence-corrected chi connectivity index (χ2v) is 9.61. The first kappa shape index (κ1) is 25.8. The number of nitrogens with zero attached hydrogens (tertiary/aromatic N) is 2. The lowest BCUT2D eigenvalue weighted by Gasteiger charge is -2.37. The van der Waals surface area contributed by atoms with E-state index in [1.807, 2.05) is 37.3 Å². The number of nitrogens with one attached hydrogen (secondary N) is 2. The summed E-state index contributed by atoms with van der Waals surface area (Å²) in [5.41, 5.74) is 4.26. The number of rotatable bonds is 7. The lowest BCUT2D eigenvalue weighted by Crippen LogP contribution is -2.45. The van der Waals surface area contributed by atoms with Gasteiger partial charge in [-0.05, 0) is 85.8 Å². The standard InChI is InChI=1S/C28H30ClFN4O2/c1-18-15-21(27(35)32-17-20-7-11-31-12-8-20)3-5-24(18)19(2)34-13-9-23(10-14-34)33-28(36)22-4-6-26(30)25(29)16-22/h3-8,11-12,15-16,19,23H,9-10,13-14,17H2,1-2H3,(H,32,35)(H,33,36). The highest BCUT2D eigenvalue weighted by Gasteiger charge is 2.26. The van der Waals surface area contributed by atoms with Crippen LogP contribution in [0.2, 0.25) is 5.02 Å². The lowest BCUT2D eigenvalue weighted by atomic mass is 9.95. The van der Waals surface area contributed by atoms with Crippen molar-refractivity contribution < 1.29 is 14.0 Å². The number of hydrogen-bond acceptors (Lipinski definition) is 4. The van der Waals surface area contributed by atoms with Crippen molar-refractivity contribution in [3.8, 4) is 0 Å². The summed E-state index contributed by atoms with van der Waals surface area (Å²) in [4.78, 5) is 31.5. The van der Waals surface area contributed by atoms with Crippen LogP contribution in [0.3, 0.4) is 0 Å². The number of aryl methyl sites for hydroxylation is 1. The molecule has 1 saturated heterocycles. The highest BCUT2D eigenvalue weighted by molar-refractivity contribution is 6.31. The number of likely N-dealkylation sites (tertiary alicyclic amines) is 1. The number of benzene rings is 2. The molecule has 36 heavy (non-hydrogen) atoms.